The molecule has 0 spiro atoms. The Balaban J connectivity index is 2.05. The Hall–Kier alpha value is -1.40. The van der Waals surface area contributed by atoms with E-state index < -0.39 is 20.5 Å². The van der Waals surface area contributed by atoms with Crippen molar-refractivity contribution in [3.63, 3.8) is 0 Å². The summed E-state index contributed by atoms with van der Waals surface area (Å²) < 4.78 is 31.9. The van der Waals surface area contributed by atoms with Crippen molar-refractivity contribution in [2.24, 2.45) is 11.1 Å². The highest BCUT2D eigenvalue weighted by molar-refractivity contribution is 7.92. The summed E-state index contributed by atoms with van der Waals surface area (Å²) in [6.45, 7) is 2.47. The summed E-state index contributed by atoms with van der Waals surface area (Å²) in [7, 11) is -1.95. The number of rotatable bonds is 6. The molecule has 0 radical (unpaired) electrons. The molecule has 2 N–H and O–H groups in total. The minimum atomic E-state index is -3.52. The lowest BCUT2D eigenvalue weighted by Crippen LogP contribution is -2.28. The summed E-state index contributed by atoms with van der Waals surface area (Å²) >= 11 is 5.97. The molecule has 1 aliphatic carbocycles. The first-order valence-corrected chi connectivity index (χ1v) is 10.0. The quantitative estimate of drug-likeness (QED) is 0.836. The number of methoxy groups -OCH3 is 1. The molecule has 2 aromatic rings. The maximum atomic E-state index is 13.3. The van der Waals surface area contributed by atoms with Crippen LogP contribution in [0.25, 0.3) is 0 Å². The summed E-state index contributed by atoms with van der Waals surface area (Å²) in [6, 6.07) is 14.2. The van der Waals surface area contributed by atoms with Gasteiger partial charge in [0.05, 0.1) is 16.8 Å². The molecule has 134 valence electrons. The summed E-state index contributed by atoms with van der Waals surface area (Å²) in [5.41, 5.74) is 7.36. The normalized spacial score (nSPS) is 25.8. The maximum Gasteiger partial charge on any atom is 0.182 e. The van der Waals surface area contributed by atoms with Gasteiger partial charge in [-0.05, 0) is 36.8 Å². The van der Waals surface area contributed by atoms with Crippen LogP contribution in [0.4, 0.5) is 0 Å². The molecule has 25 heavy (non-hydrogen) atoms. The first kappa shape index (κ1) is 18.4. The number of hydrogen-bond acceptors (Lipinski definition) is 4. The average Bonchev–Trinajstić information content (AvgIpc) is 3.26. The molecular formula is C19H22ClNO3S. The zero-order chi connectivity index (χ0) is 18.2. The molecule has 1 aliphatic rings. The number of aryl methyl sites for hydroxylation is 1. The molecule has 0 saturated heterocycles. The Morgan fingerprint density at radius 1 is 1.12 bits per heavy atom. The topological polar surface area (TPSA) is 69.4 Å². The lowest BCUT2D eigenvalue weighted by molar-refractivity contribution is 0.142. The van der Waals surface area contributed by atoms with E-state index in [2.05, 4.69) is 0 Å². The van der Waals surface area contributed by atoms with Gasteiger partial charge < -0.3 is 10.5 Å². The predicted molar refractivity (Wildman–Crippen MR) is 99.7 cm³/mol. The molecule has 0 aromatic heterocycles. The Bertz CT molecular complexity index is 849. The Morgan fingerprint density at radius 3 is 2.24 bits per heavy atom. The Labute approximate surface area is 153 Å². The molecule has 1 fully saturated rings. The van der Waals surface area contributed by atoms with Crippen LogP contribution in [0.3, 0.4) is 0 Å². The van der Waals surface area contributed by atoms with Gasteiger partial charge >= 0.3 is 0 Å². The third-order valence-electron chi connectivity index (χ3n) is 5.09. The van der Waals surface area contributed by atoms with E-state index in [-0.39, 0.29) is 12.5 Å². The van der Waals surface area contributed by atoms with Crippen molar-refractivity contribution in [1.82, 2.24) is 0 Å². The first-order chi connectivity index (χ1) is 11.9. The van der Waals surface area contributed by atoms with E-state index in [0.29, 0.717) is 16.5 Å². The Morgan fingerprint density at radius 2 is 1.72 bits per heavy atom. The van der Waals surface area contributed by atoms with Gasteiger partial charge in [-0.3, -0.25) is 0 Å². The number of sulfone groups is 1. The lowest BCUT2D eigenvalue weighted by Gasteiger charge is -2.15. The molecule has 6 heteroatoms. The van der Waals surface area contributed by atoms with Gasteiger partial charge in [0.15, 0.2) is 9.84 Å². The van der Waals surface area contributed by atoms with Crippen molar-refractivity contribution in [2.75, 3.05) is 20.3 Å². The van der Waals surface area contributed by atoms with Crippen LogP contribution in [0.5, 0.6) is 0 Å². The van der Waals surface area contributed by atoms with Crippen LogP contribution >= 0.6 is 11.6 Å². The SMILES string of the molecule is COC[C@]1(CN)[C@@H](c2ccc(Cl)cc2)[C@@H]1S(=O)(=O)c1ccc(C)cc1. The highest BCUT2D eigenvalue weighted by Gasteiger charge is 2.70. The molecule has 0 aliphatic heterocycles. The molecule has 0 amide bonds. The third-order valence-corrected chi connectivity index (χ3v) is 7.68. The van der Waals surface area contributed by atoms with E-state index in [1.54, 1.807) is 31.4 Å². The van der Waals surface area contributed by atoms with Gasteiger partial charge in [0, 0.05) is 30.0 Å². The number of ether oxygens (including phenoxy) is 1. The molecule has 2 aromatic carbocycles. The van der Waals surface area contributed by atoms with Crippen LogP contribution in [0.15, 0.2) is 53.4 Å². The number of halogens is 1. The Kier molecular flexibility index (Phi) is 4.95. The predicted octanol–water partition coefficient (Wildman–Crippen LogP) is 3.18. The van der Waals surface area contributed by atoms with Crippen molar-refractivity contribution in [3.8, 4) is 0 Å². The fourth-order valence-corrected chi connectivity index (χ4v) is 6.31. The minimum absolute atomic E-state index is 0.207. The smallest absolute Gasteiger partial charge is 0.182 e. The highest BCUT2D eigenvalue weighted by Crippen LogP contribution is 2.63. The van der Waals surface area contributed by atoms with E-state index in [1.165, 1.54) is 0 Å². The van der Waals surface area contributed by atoms with Gasteiger partial charge in [-0.15, -0.1) is 0 Å². The molecule has 1 saturated carbocycles. The van der Waals surface area contributed by atoms with E-state index in [0.717, 1.165) is 11.1 Å². The first-order valence-electron chi connectivity index (χ1n) is 8.12. The van der Waals surface area contributed by atoms with Crippen LogP contribution in [0.1, 0.15) is 17.0 Å². The number of nitrogens with two attached hydrogens (primary N) is 1. The van der Waals surface area contributed by atoms with E-state index in [1.807, 2.05) is 31.2 Å². The summed E-state index contributed by atoms with van der Waals surface area (Å²) in [6.07, 6.45) is 0. The second kappa shape index (κ2) is 6.72. The molecule has 4 nitrogen and oxygen atoms in total. The van der Waals surface area contributed by atoms with Crippen molar-refractivity contribution in [1.29, 1.82) is 0 Å². The lowest BCUT2D eigenvalue weighted by atomic mass is 10.0. The second-order valence-electron chi connectivity index (χ2n) is 6.68. The highest BCUT2D eigenvalue weighted by atomic mass is 35.5. The summed E-state index contributed by atoms with van der Waals surface area (Å²) in [4.78, 5) is 0.327. The molecule has 3 rings (SSSR count). The largest absolute Gasteiger partial charge is 0.384 e. The third kappa shape index (κ3) is 3.10. The molecule has 0 unspecified atom stereocenters. The van der Waals surface area contributed by atoms with Crippen molar-refractivity contribution in [2.45, 2.75) is 23.0 Å². The summed E-state index contributed by atoms with van der Waals surface area (Å²) in [5, 5.41) is 0.0151. The van der Waals surface area contributed by atoms with E-state index in [9.17, 15) is 8.42 Å². The zero-order valence-electron chi connectivity index (χ0n) is 14.3. The van der Waals surface area contributed by atoms with Crippen molar-refractivity contribution in [3.05, 3.63) is 64.7 Å². The zero-order valence-corrected chi connectivity index (χ0v) is 15.8. The van der Waals surface area contributed by atoms with Gasteiger partial charge in [-0.25, -0.2) is 8.42 Å². The molecule has 0 bridgehead atoms. The standard InChI is InChI=1S/C19H22ClNO3S/c1-13-3-9-16(10-4-13)25(22,23)18-17(19(18,11-21)12-24-2)14-5-7-15(20)8-6-14/h3-10,17-18H,11-12,21H2,1-2H3/t17-,18-,19+/m0/s1. The van der Waals surface area contributed by atoms with Crippen molar-refractivity contribution >= 4 is 21.4 Å². The van der Waals surface area contributed by atoms with Gasteiger partial charge in [0.1, 0.15) is 0 Å². The van der Waals surface area contributed by atoms with Crippen molar-refractivity contribution < 1.29 is 13.2 Å². The fourth-order valence-electron chi connectivity index (χ4n) is 3.74. The molecular weight excluding hydrogens is 358 g/mol. The molecule has 3 atom stereocenters. The summed E-state index contributed by atoms with van der Waals surface area (Å²) in [5.74, 6) is -0.207. The second-order valence-corrected chi connectivity index (χ2v) is 9.18. The maximum absolute atomic E-state index is 13.3. The van der Waals surface area contributed by atoms with Crippen LogP contribution < -0.4 is 5.73 Å². The van der Waals surface area contributed by atoms with Crippen LogP contribution in [-0.2, 0) is 14.6 Å². The van der Waals surface area contributed by atoms with Gasteiger partial charge in [0.2, 0.25) is 0 Å². The minimum Gasteiger partial charge on any atom is -0.384 e. The van der Waals surface area contributed by atoms with E-state index in [4.69, 9.17) is 22.1 Å². The van der Waals surface area contributed by atoms with E-state index >= 15 is 0 Å². The van der Waals surface area contributed by atoms with Gasteiger partial charge in [0.25, 0.3) is 0 Å². The van der Waals surface area contributed by atoms with Crippen LogP contribution in [0, 0.1) is 12.3 Å². The monoisotopic (exact) mass is 379 g/mol. The van der Waals surface area contributed by atoms with Gasteiger partial charge in [-0.2, -0.15) is 0 Å². The van der Waals surface area contributed by atoms with Crippen LogP contribution in [-0.4, -0.2) is 33.9 Å². The van der Waals surface area contributed by atoms with Crippen LogP contribution in [0.2, 0.25) is 5.02 Å². The fraction of sp³-hybridized carbons (Fsp3) is 0.368. The number of hydrogen-bond donors (Lipinski definition) is 1. The molecule has 0 heterocycles. The number of benzene rings is 2. The average molecular weight is 380 g/mol. The van der Waals surface area contributed by atoms with Gasteiger partial charge in [-0.1, -0.05) is 41.4 Å².